The first-order valence-corrected chi connectivity index (χ1v) is 4.71. The molecule has 1 heterocycles. The van der Waals surface area contributed by atoms with Gasteiger partial charge in [-0.05, 0) is 31.4 Å². The van der Waals surface area contributed by atoms with Gasteiger partial charge >= 0.3 is 0 Å². The topological polar surface area (TPSA) is 46.8 Å². The van der Waals surface area contributed by atoms with E-state index in [9.17, 15) is 0 Å². The lowest BCUT2D eigenvalue weighted by Gasteiger charge is -2.10. The molecule has 0 spiro atoms. The van der Waals surface area contributed by atoms with Gasteiger partial charge in [0.1, 0.15) is 0 Å². The molecule has 0 aliphatic heterocycles. The van der Waals surface area contributed by atoms with Crippen LogP contribution in [0.3, 0.4) is 0 Å². The van der Waals surface area contributed by atoms with Crippen molar-refractivity contribution in [2.75, 3.05) is 20.6 Å². The standard InChI is InChI=1S/C7H15N5S/c1-6(13)7-8-9-10-12(7)5-4-11(2)3/h6,13H,4-5H2,1-3H3. The van der Waals surface area contributed by atoms with Crippen molar-refractivity contribution < 1.29 is 0 Å². The number of rotatable bonds is 4. The van der Waals surface area contributed by atoms with Crippen LogP contribution in [-0.4, -0.2) is 45.7 Å². The molecule has 13 heavy (non-hydrogen) atoms. The van der Waals surface area contributed by atoms with Crippen LogP contribution in [0.5, 0.6) is 0 Å². The molecule has 1 aromatic heterocycles. The minimum Gasteiger partial charge on any atom is -0.308 e. The Balaban J connectivity index is 2.60. The fourth-order valence-corrected chi connectivity index (χ4v) is 1.15. The maximum absolute atomic E-state index is 4.29. The van der Waals surface area contributed by atoms with Gasteiger partial charge in [-0.25, -0.2) is 4.68 Å². The molecule has 0 aliphatic carbocycles. The van der Waals surface area contributed by atoms with Gasteiger partial charge in [0.25, 0.3) is 0 Å². The van der Waals surface area contributed by atoms with Crippen LogP contribution in [0.4, 0.5) is 0 Å². The lowest BCUT2D eigenvalue weighted by molar-refractivity contribution is 0.366. The van der Waals surface area contributed by atoms with E-state index in [0.29, 0.717) is 0 Å². The molecule has 74 valence electrons. The summed E-state index contributed by atoms with van der Waals surface area (Å²) in [6.45, 7) is 3.69. The average Bonchev–Trinajstić information content (AvgIpc) is 2.47. The van der Waals surface area contributed by atoms with Gasteiger partial charge in [-0.3, -0.25) is 0 Å². The number of hydrogen-bond donors (Lipinski definition) is 1. The van der Waals surface area contributed by atoms with Gasteiger partial charge in [0.15, 0.2) is 5.82 Å². The molecule has 0 saturated heterocycles. The summed E-state index contributed by atoms with van der Waals surface area (Å²) in [5.74, 6) is 0.824. The van der Waals surface area contributed by atoms with Gasteiger partial charge in [0, 0.05) is 6.54 Å². The summed E-state index contributed by atoms with van der Waals surface area (Å²) in [5.41, 5.74) is 0. The van der Waals surface area contributed by atoms with Crippen LogP contribution < -0.4 is 0 Å². The number of hydrogen-bond acceptors (Lipinski definition) is 5. The first kappa shape index (κ1) is 10.5. The number of tetrazole rings is 1. The second kappa shape index (κ2) is 4.57. The van der Waals surface area contributed by atoms with Gasteiger partial charge in [0.05, 0.1) is 11.8 Å². The van der Waals surface area contributed by atoms with Crippen LogP contribution in [0.15, 0.2) is 0 Å². The Kier molecular flexibility index (Phi) is 3.68. The Morgan fingerprint density at radius 2 is 2.23 bits per heavy atom. The summed E-state index contributed by atoms with van der Waals surface area (Å²) in [6, 6.07) is 0. The molecule has 1 rings (SSSR count). The molecular weight excluding hydrogens is 186 g/mol. The average molecular weight is 201 g/mol. The van der Waals surface area contributed by atoms with Crippen LogP contribution in [0, 0.1) is 0 Å². The smallest absolute Gasteiger partial charge is 0.163 e. The Hall–Kier alpha value is -0.620. The lowest BCUT2D eigenvalue weighted by atomic mass is 10.4. The van der Waals surface area contributed by atoms with Crippen LogP contribution >= 0.6 is 12.6 Å². The van der Waals surface area contributed by atoms with Crippen molar-refractivity contribution in [1.29, 1.82) is 0 Å². The molecule has 0 fully saturated rings. The summed E-state index contributed by atoms with van der Waals surface area (Å²) in [6.07, 6.45) is 0. The molecule has 0 amide bonds. The third kappa shape index (κ3) is 2.96. The molecular formula is C7H15N5S. The monoisotopic (exact) mass is 201 g/mol. The second-order valence-electron chi connectivity index (χ2n) is 3.24. The Bertz CT molecular complexity index is 257. The maximum Gasteiger partial charge on any atom is 0.163 e. The van der Waals surface area contributed by atoms with Crippen LogP contribution in [0.25, 0.3) is 0 Å². The van der Waals surface area contributed by atoms with Crippen molar-refractivity contribution in [3.05, 3.63) is 5.82 Å². The van der Waals surface area contributed by atoms with E-state index < -0.39 is 0 Å². The van der Waals surface area contributed by atoms with Gasteiger partial charge in [-0.15, -0.1) is 5.10 Å². The number of aromatic nitrogens is 4. The molecule has 6 heteroatoms. The van der Waals surface area contributed by atoms with E-state index in [-0.39, 0.29) is 5.25 Å². The van der Waals surface area contributed by atoms with Crippen LogP contribution in [-0.2, 0) is 6.54 Å². The van der Waals surface area contributed by atoms with Crippen molar-refractivity contribution >= 4 is 12.6 Å². The predicted molar refractivity (Wildman–Crippen MR) is 53.8 cm³/mol. The largest absolute Gasteiger partial charge is 0.308 e. The Morgan fingerprint density at radius 3 is 2.77 bits per heavy atom. The van der Waals surface area contributed by atoms with Gasteiger partial charge in [0.2, 0.25) is 0 Å². The molecule has 1 unspecified atom stereocenters. The highest BCUT2D eigenvalue weighted by Crippen LogP contribution is 2.14. The predicted octanol–water partition coefficient (Wildman–Crippen LogP) is 0.226. The first-order chi connectivity index (χ1) is 6.11. The molecule has 0 bridgehead atoms. The normalized spacial score (nSPS) is 13.6. The van der Waals surface area contributed by atoms with E-state index in [2.05, 4.69) is 33.1 Å². The fourth-order valence-electron chi connectivity index (χ4n) is 0.965. The lowest BCUT2D eigenvalue weighted by Crippen LogP contribution is -2.20. The molecule has 5 nitrogen and oxygen atoms in total. The quantitative estimate of drug-likeness (QED) is 0.708. The summed E-state index contributed by atoms with van der Waals surface area (Å²) in [5, 5.41) is 11.5. The van der Waals surface area contributed by atoms with Crippen molar-refractivity contribution in [1.82, 2.24) is 25.1 Å². The van der Waals surface area contributed by atoms with Gasteiger partial charge < -0.3 is 4.90 Å². The summed E-state index contributed by atoms with van der Waals surface area (Å²) < 4.78 is 1.79. The maximum atomic E-state index is 4.29. The van der Waals surface area contributed by atoms with Gasteiger partial charge in [-0.2, -0.15) is 12.6 Å². The van der Waals surface area contributed by atoms with Crippen molar-refractivity contribution in [3.8, 4) is 0 Å². The zero-order chi connectivity index (χ0) is 9.84. The summed E-state index contributed by atoms with van der Waals surface area (Å²) in [4.78, 5) is 2.09. The zero-order valence-corrected chi connectivity index (χ0v) is 9.07. The van der Waals surface area contributed by atoms with E-state index in [0.717, 1.165) is 18.9 Å². The molecule has 0 aliphatic rings. The molecule has 0 radical (unpaired) electrons. The highest BCUT2D eigenvalue weighted by molar-refractivity contribution is 7.80. The third-order valence-electron chi connectivity index (χ3n) is 1.69. The Morgan fingerprint density at radius 1 is 1.54 bits per heavy atom. The van der Waals surface area contributed by atoms with Crippen molar-refractivity contribution in [2.24, 2.45) is 0 Å². The number of likely N-dealkylation sites (N-methyl/N-ethyl adjacent to an activating group) is 1. The van der Waals surface area contributed by atoms with Crippen molar-refractivity contribution in [2.45, 2.75) is 18.7 Å². The molecule has 1 atom stereocenters. The number of thiol groups is 1. The van der Waals surface area contributed by atoms with E-state index in [1.165, 1.54) is 0 Å². The fraction of sp³-hybridized carbons (Fsp3) is 0.857. The highest BCUT2D eigenvalue weighted by Gasteiger charge is 2.09. The highest BCUT2D eigenvalue weighted by atomic mass is 32.1. The number of nitrogens with zero attached hydrogens (tertiary/aromatic N) is 5. The molecule has 0 N–H and O–H groups in total. The third-order valence-corrected chi connectivity index (χ3v) is 1.92. The minimum atomic E-state index is 0.0807. The zero-order valence-electron chi connectivity index (χ0n) is 8.17. The van der Waals surface area contributed by atoms with Crippen LogP contribution in [0.2, 0.25) is 0 Å². The summed E-state index contributed by atoms with van der Waals surface area (Å²) >= 11 is 4.29. The first-order valence-electron chi connectivity index (χ1n) is 4.20. The van der Waals surface area contributed by atoms with E-state index in [4.69, 9.17) is 0 Å². The molecule has 0 aromatic carbocycles. The minimum absolute atomic E-state index is 0.0807. The van der Waals surface area contributed by atoms with E-state index >= 15 is 0 Å². The second-order valence-corrected chi connectivity index (χ2v) is 4.01. The van der Waals surface area contributed by atoms with E-state index in [1.54, 1.807) is 4.68 Å². The molecule has 1 aromatic rings. The Labute approximate surface area is 83.5 Å². The summed E-state index contributed by atoms with van der Waals surface area (Å²) in [7, 11) is 4.04. The van der Waals surface area contributed by atoms with E-state index in [1.807, 2.05) is 21.0 Å². The van der Waals surface area contributed by atoms with Crippen LogP contribution in [0.1, 0.15) is 18.0 Å². The van der Waals surface area contributed by atoms with Gasteiger partial charge in [-0.1, -0.05) is 0 Å². The van der Waals surface area contributed by atoms with Crippen molar-refractivity contribution in [3.63, 3.8) is 0 Å². The SMILES string of the molecule is CC(S)c1nnnn1CCN(C)C. The molecule has 0 saturated carbocycles.